The first-order chi connectivity index (χ1) is 14.7. The molecule has 0 N–H and O–H groups in total. The highest BCUT2D eigenvalue weighted by molar-refractivity contribution is 6.23. The van der Waals surface area contributed by atoms with Gasteiger partial charge in [0.15, 0.2) is 0 Å². The fourth-order valence-electron chi connectivity index (χ4n) is 5.91. The summed E-state index contributed by atoms with van der Waals surface area (Å²) in [5.74, 6) is -0.854. The lowest BCUT2D eigenvalue weighted by atomic mass is 9.59. The van der Waals surface area contributed by atoms with Gasteiger partial charge in [-0.25, -0.2) is 0 Å². The number of fused-ring (bicyclic) bond motifs is 5. The highest BCUT2D eigenvalue weighted by atomic mass is 16.2. The standard InChI is InChI=1S/C27H21NO2/c29-25-22-15-16-23-21-14-8-7-9-18(21)17-27(23,19-10-3-1-4-11-19)24(22)26(30)28(25)20-12-5-2-6-13-20/h1-14,16,22,24H,15,17H2/t22-,24+,27-/m1/s1. The van der Waals surface area contributed by atoms with Gasteiger partial charge in [0, 0.05) is 5.41 Å². The summed E-state index contributed by atoms with van der Waals surface area (Å²) >= 11 is 0. The second-order valence-corrected chi connectivity index (χ2v) is 8.46. The summed E-state index contributed by atoms with van der Waals surface area (Å²) in [6.07, 6.45) is 3.58. The van der Waals surface area contributed by atoms with E-state index in [0.29, 0.717) is 12.1 Å². The van der Waals surface area contributed by atoms with Crippen LogP contribution in [-0.4, -0.2) is 11.8 Å². The maximum atomic E-state index is 13.9. The van der Waals surface area contributed by atoms with Gasteiger partial charge in [-0.05, 0) is 47.2 Å². The van der Waals surface area contributed by atoms with Crippen molar-refractivity contribution in [2.24, 2.45) is 11.8 Å². The third-order valence-corrected chi connectivity index (χ3v) is 7.09. The third-order valence-electron chi connectivity index (χ3n) is 7.09. The van der Waals surface area contributed by atoms with Crippen LogP contribution in [0.5, 0.6) is 0 Å². The Kier molecular flexibility index (Phi) is 3.64. The van der Waals surface area contributed by atoms with Crippen LogP contribution in [0.1, 0.15) is 23.1 Å². The number of carbonyl (C=O) groups excluding carboxylic acids is 2. The van der Waals surface area contributed by atoms with Gasteiger partial charge < -0.3 is 0 Å². The molecular formula is C27H21NO2. The van der Waals surface area contributed by atoms with Gasteiger partial charge in [-0.15, -0.1) is 0 Å². The van der Waals surface area contributed by atoms with Crippen LogP contribution in [0.2, 0.25) is 0 Å². The van der Waals surface area contributed by atoms with Crippen LogP contribution in [0.15, 0.2) is 91.0 Å². The van der Waals surface area contributed by atoms with E-state index < -0.39 is 5.41 Å². The summed E-state index contributed by atoms with van der Waals surface area (Å²) in [4.78, 5) is 28.8. The molecule has 0 spiro atoms. The van der Waals surface area contributed by atoms with Crippen LogP contribution in [0.3, 0.4) is 0 Å². The highest BCUT2D eigenvalue weighted by Gasteiger charge is 2.62. The fourth-order valence-corrected chi connectivity index (χ4v) is 5.91. The Bertz CT molecular complexity index is 1200. The molecule has 6 rings (SSSR count). The molecule has 146 valence electrons. The van der Waals surface area contributed by atoms with Crippen molar-refractivity contribution in [2.75, 3.05) is 4.90 Å². The van der Waals surface area contributed by atoms with Gasteiger partial charge in [0.1, 0.15) is 0 Å². The van der Waals surface area contributed by atoms with E-state index >= 15 is 0 Å². The Labute approximate surface area is 175 Å². The normalized spacial score (nSPS) is 26.8. The summed E-state index contributed by atoms with van der Waals surface area (Å²) in [7, 11) is 0. The number of para-hydroxylation sites is 1. The van der Waals surface area contributed by atoms with Crippen molar-refractivity contribution < 1.29 is 9.59 Å². The molecule has 3 atom stereocenters. The third kappa shape index (κ3) is 2.15. The minimum Gasteiger partial charge on any atom is -0.274 e. The molecular weight excluding hydrogens is 370 g/mol. The molecule has 30 heavy (non-hydrogen) atoms. The zero-order valence-corrected chi connectivity index (χ0v) is 16.5. The molecule has 2 aliphatic carbocycles. The number of amides is 2. The van der Waals surface area contributed by atoms with Gasteiger partial charge in [-0.2, -0.15) is 0 Å². The molecule has 0 bridgehead atoms. The largest absolute Gasteiger partial charge is 0.274 e. The second kappa shape index (κ2) is 6.27. The van der Waals surface area contributed by atoms with E-state index in [1.165, 1.54) is 21.6 Å². The average Bonchev–Trinajstić information content (AvgIpc) is 3.27. The summed E-state index contributed by atoms with van der Waals surface area (Å²) in [6, 6.07) is 28.1. The van der Waals surface area contributed by atoms with Crippen LogP contribution in [0.25, 0.3) is 5.57 Å². The molecule has 0 aromatic heterocycles. The Morgan fingerprint density at radius 1 is 0.767 bits per heavy atom. The molecule has 3 heteroatoms. The predicted molar refractivity (Wildman–Crippen MR) is 117 cm³/mol. The van der Waals surface area contributed by atoms with Crippen molar-refractivity contribution in [3.8, 4) is 0 Å². The number of anilines is 1. The maximum Gasteiger partial charge on any atom is 0.238 e. The lowest BCUT2D eigenvalue weighted by Gasteiger charge is -2.41. The van der Waals surface area contributed by atoms with Gasteiger partial charge in [-0.3, -0.25) is 14.5 Å². The van der Waals surface area contributed by atoms with Gasteiger partial charge in [0.25, 0.3) is 0 Å². The lowest BCUT2D eigenvalue weighted by molar-refractivity contribution is -0.122. The fraction of sp³-hybridized carbons (Fsp3) is 0.185. The van der Waals surface area contributed by atoms with E-state index in [0.717, 1.165) is 12.0 Å². The highest BCUT2D eigenvalue weighted by Crippen LogP contribution is 2.60. The Balaban J connectivity index is 1.57. The molecule has 3 aromatic carbocycles. The first kappa shape index (κ1) is 17.4. The summed E-state index contributed by atoms with van der Waals surface area (Å²) in [5.41, 5.74) is 4.98. The number of allylic oxidation sites excluding steroid dienone is 2. The topological polar surface area (TPSA) is 37.4 Å². The van der Waals surface area contributed by atoms with Crippen molar-refractivity contribution in [2.45, 2.75) is 18.3 Å². The van der Waals surface area contributed by atoms with Crippen LogP contribution < -0.4 is 4.90 Å². The van der Waals surface area contributed by atoms with Crippen molar-refractivity contribution in [1.29, 1.82) is 0 Å². The first-order valence-corrected chi connectivity index (χ1v) is 10.5. The van der Waals surface area contributed by atoms with E-state index in [9.17, 15) is 9.59 Å². The molecule has 1 aliphatic heterocycles. The van der Waals surface area contributed by atoms with E-state index in [2.05, 4.69) is 42.5 Å². The maximum absolute atomic E-state index is 13.9. The molecule has 3 nitrogen and oxygen atoms in total. The van der Waals surface area contributed by atoms with E-state index in [1.54, 1.807) is 0 Å². The minimum atomic E-state index is -0.496. The summed E-state index contributed by atoms with van der Waals surface area (Å²) in [5, 5.41) is 0. The summed E-state index contributed by atoms with van der Waals surface area (Å²) in [6.45, 7) is 0. The van der Waals surface area contributed by atoms with E-state index in [4.69, 9.17) is 0 Å². The zero-order chi connectivity index (χ0) is 20.3. The van der Waals surface area contributed by atoms with Crippen LogP contribution in [0.4, 0.5) is 5.69 Å². The molecule has 0 unspecified atom stereocenters. The van der Waals surface area contributed by atoms with Gasteiger partial charge >= 0.3 is 0 Å². The molecule has 1 fully saturated rings. The minimum absolute atomic E-state index is 0.0709. The number of nitrogens with zero attached hydrogens (tertiary/aromatic N) is 1. The van der Waals surface area contributed by atoms with E-state index in [1.807, 2.05) is 48.5 Å². The lowest BCUT2D eigenvalue weighted by Crippen LogP contribution is -2.44. The molecule has 1 saturated heterocycles. The smallest absolute Gasteiger partial charge is 0.238 e. The first-order valence-electron chi connectivity index (χ1n) is 10.5. The molecule has 2 amide bonds. The zero-order valence-electron chi connectivity index (χ0n) is 16.5. The average molecular weight is 391 g/mol. The van der Waals surface area contributed by atoms with Crippen molar-refractivity contribution >= 4 is 23.1 Å². The Morgan fingerprint density at radius 3 is 2.20 bits per heavy atom. The number of rotatable bonds is 2. The summed E-state index contributed by atoms with van der Waals surface area (Å²) < 4.78 is 0. The Morgan fingerprint density at radius 2 is 1.43 bits per heavy atom. The van der Waals surface area contributed by atoms with Crippen LogP contribution in [-0.2, 0) is 21.4 Å². The monoisotopic (exact) mass is 391 g/mol. The number of carbonyl (C=O) groups is 2. The van der Waals surface area contributed by atoms with Crippen molar-refractivity contribution in [3.05, 3.63) is 108 Å². The van der Waals surface area contributed by atoms with Crippen molar-refractivity contribution in [1.82, 2.24) is 0 Å². The number of imide groups is 1. The Hall–Kier alpha value is -3.46. The number of hydrogen-bond donors (Lipinski definition) is 0. The van der Waals surface area contributed by atoms with Gasteiger partial charge in [0.05, 0.1) is 17.5 Å². The second-order valence-electron chi connectivity index (χ2n) is 8.46. The van der Waals surface area contributed by atoms with Crippen LogP contribution in [0, 0.1) is 11.8 Å². The molecule has 3 aliphatic rings. The SMILES string of the molecule is O=C1[C@@H]2[C@@H](CC=C3c4ccccc4C[C@@]32c2ccccc2)C(=O)N1c1ccccc1. The molecule has 0 saturated carbocycles. The number of benzene rings is 3. The molecule has 0 radical (unpaired) electrons. The quantitative estimate of drug-likeness (QED) is 0.590. The van der Waals surface area contributed by atoms with Crippen LogP contribution >= 0.6 is 0 Å². The van der Waals surface area contributed by atoms with Gasteiger partial charge in [-0.1, -0.05) is 78.9 Å². The van der Waals surface area contributed by atoms with E-state index in [-0.39, 0.29) is 23.7 Å². The molecule has 3 aromatic rings. The van der Waals surface area contributed by atoms with Crippen molar-refractivity contribution in [3.63, 3.8) is 0 Å². The number of hydrogen-bond acceptors (Lipinski definition) is 2. The molecule has 1 heterocycles. The predicted octanol–water partition coefficient (Wildman–Crippen LogP) is 4.77. The van der Waals surface area contributed by atoms with Gasteiger partial charge in [0.2, 0.25) is 11.8 Å².